The average molecular weight is 260 g/mol. The van der Waals surface area contributed by atoms with Crippen LogP contribution in [-0.2, 0) is 6.42 Å². The van der Waals surface area contributed by atoms with Crippen molar-refractivity contribution in [3.05, 3.63) is 52.2 Å². The van der Waals surface area contributed by atoms with Crippen molar-refractivity contribution in [3.8, 4) is 5.75 Å². The summed E-state index contributed by atoms with van der Waals surface area (Å²) in [4.78, 5) is 1.27. The molecule has 94 valence electrons. The standard InChI is InChI=1S/C14H16N2OS/c15-16-14(13-6-3-7-18-13)11-8-10-4-1-2-5-12(10)17-9-11/h1-7,11,14,16H,8-9,15H2. The number of nitrogens with two attached hydrogens (primary N) is 1. The number of fused-ring (bicyclic) bond motifs is 1. The van der Waals surface area contributed by atoms with E-state index in [1.54, 1.807) is 11.3 Å². The second-order valence-corrected chi connectivity index (χ2v) is 5.52. The summed E-state index contributed by atoms with van der Waals surface area (Å²) < 4.78 is 5.83. The number of hydrogen-bond donors (Lipinski definition) is 2. The fraction of sp³-hybridized carbons (Fsp3) is 0.286. The molecule has 3 nitrogen and oxygen atoms in total. The third-order valence-corrected chi connectivity index (χ3v) is 4.36. The summed E-state index contributed by atoms with van der Waals surface area (Å²) in [6.07, 6.45) is 1.00. The molecule has 1 aliphatic rings. The van der Waals surface area contributed by atoms with Crippen LogP contribution >= 0.6 is 11.3 Å². The molecular formula is C14H16N2OS. The van der Waals surface area contributed by atoms with Crippen LogP contribution in [0.1, 0.15) is 16.5 Å². The Hall–Kier alpha value is -1.36. The number of nitrogens with one attached hydrogen (secondary N) is 1. The third kappa shape index (κ3) is 2.14. The molecule has 18 heavy (non-hydrogen) atoms. The fourth-order valence-electron chi connectivity index (χ4n) is 2.48. The van der Waals surface area contributed by atoms with Gasteiger partial charge in [0.1, 0.15) is 5.75 Å². The quantitative estimate of drug-likeness (QED) is 0.658. The number of rotatable bonds is 3. The molecule has 1 aromatic heterocycles. The molecule has 0 fully saturated rings. The van der Waals surface area contributed by atoms with E-state index in [2.05, 4.69) is 35.1 Å². The maximum atomic E-state index is 5.83. The highest BCUT2D eigenvalue weighted by Gasteiger charge is 2.28. The molecule has 3 rings (SSSR count). The minimum absolute atomic E-state index is 0.165. The van der Waals surface area contributed by atoms with Crippen molar-refractivity contribution in [2.24, 2.45) is 11.8 Å². The molecule has 2 heterocycles. The Balaban J connectivity index is 1.82. The van der Waals surface area contributed by atoms with Crippen molar-refractivity contribution >= 4 is 11.3 Å². The van der Waals surface area contributed by atoms with Gasteiger partial charge in [0.15, 0.2) is 0 Å². The first-order valence-corrected chi connectivity index (χ1v) is 6.96. The van der Waals surface area contributed by atoms with Crippen molar-refractivity contribution in [1.82, 2.24) is 5.43 Å². The van der Waals surface area contributed by atoms with Gasteiger partial charge in [0.05, 0.1) is 12.6 Å². The molecule has 2 atom stereocenters. The summed E-state index contributed by atoms with van der Waals surface area (Å²) in [5, 5.41) is 2.08. The molecule has 3 N–H and O–H groups in total. The SMILES string of the molecule is NNC(c1cccs1)C1COc2ccccc2C1. The van der Waals surface area contributed by atoms with Crippen molar-refractivity contribution < 1.29 is 4.74 Å². The Labute approximate surface area is 111 Å². The molecular weight excluding hydrogens is 244 g/mol. The average Bonchev–Trinajstić information content (AvgIpc) is 2.93. The molecule has 0 bridgehead atoms. The van der Waals surface area contributed by atoms with Crippen LogP contribution in [0.3, 0.4) is 0 Å². The van der Waals surface area contributed by atoms with Crippen LogP contribution in [0.5, 0.6) is 5.75 Å². The van der Waals surface area contributed by atoms with Crippen LogP contribution in [0.2, 0.25) is 0 Å². The topological polar surface area (TPSA) is 47.3 Å². The Morgan fingerprint density at radius 2 is 2.17 bits per heavy atom. The van der Waals surface area contributed by atoms with E-state index in [9.17, 15) is 0 Å². The largest absolute Gasteiger partial charge is 0.493 e. The van der Waals surface area contributed by atoms with Gasteiger partial charge in [-0.15, -0.1) is 11.3 Å². The molecule has 2 aromatic rings. The summed E-state index contributed by atoms with van der Waals surface area (Å²) in [5.74, 6) is 7.10. The minimum Gasteiger partial charge on any atom is -0.493 e. The lowest BCUT2D eigenvalue weighted by atomic mass is 9.90. The Morgan fingerprint density at radius 3 is 2.94 bits per heavy atom. The highest BCUT2D eigenvalue weighted by molar-refractivity contribution is 7.10. The minimum atomic E-state index is 0.165. The maximum Gasteiger partial charge on any atom is 0.122 e. The third-order valence-electron chi connectivity index (χ3n) is 3.41. The lowest BCUT2D eigenvalue weighted by molar-refractivity contribution is 0.186. The summed E-state index contributed by atoms with van der Waals surface area (Å²) in [7, 11) is 0. The molecule has 0 saturated heterocycles. The normalized spacial score (nSPS) is 19.9. The summed E-state index contributed by atoms with van der Waals surface area (Å²) in [6.45, 7) is 0.712. The van der Waals surface area contributed by atoms with Crippen LogP contribution in [0.4, 0.5) is 0 Å². The molecule has 4 heteroatoms. The number of ether oxygens (including phenoxy) is 1. The Kier molecular flexibility index (Phi) is 3.32. The van der Waals surface area contributed by atoms with E-state index in [4.69, 9.17) is 10.6 Å². The zero-order valence-corrected chi connectivity index (χ0v) is 10.8. The number of para-hydroxylation sites is 1. The smallest absolute Gasteiger partial charge is 0.122 e. The number of hydrogen-bond acceptors (Lipinski definition) is 4. The molecule has 0 radical (unpaired) electrons. The Morgan fingerprint density at radius 1 is 1.28 bits per heavy atom. The van der Waals surface area contributed by atoms with Gasteiger partial charge in [-0.1, -0.05) is 24.3 Å². The lowest BCUT2D eigenvalue weighted by Crippen LogP contribution is -2.38. The fourth-order valence-corrected chi connectivity index (χ4v) is 3.36. The van der Waals surface area contributed by atoms with Gasteiger partial charge in [-0.2, -0.15) is 0 Å². The number of thiophene rings is 1. The summed E-state index contributed by atoms with van der Waals surface area (Å²) in [5.41, 5.74) is 4.20. The van der Waals surface area contributed by atoms with E-state index >= 15 is 0 Å². The van der Waals surface area contributed by atoms with Crippen LogP contribution in [0.15, 0.2) is 41.8 Å². The lowest BCUT2D eigenvalue weighted by Gasteiger charge is -2.30. The zero-order chi connectivity index (χ0) is 12.4. The first-order chi connectivity index (χ1) is 8.88. The predicted octanol–water partition coefficient (Wildman–Crippen LogP) is 2.50. The Bertz CT molecular complexity index is 512. The first-order valence-electron chi connectivity index (χ1n) is 6.08. The van der Waals surface area contributed by atoms with E-state index in [0.717, 1.165) is 12.2 Å². The van der Waals surface area contributed by atoms with Gasteiger partial charge in [-0.3, -0.25) is 11.3 Å². The molecule has 0 aliphatic carbocycles. The molecule has 0 saturated carbocycles. The number of hydrazine groups is 1. The summed E-state index contributed by atoms with van der Waals surface area (Å²) >= 11 is 1.73. The second kappa shape index (κ2) is 5.10. The maximum absolute atomic E-state index is 5.83. The molecule has 0 spiro atoms. The van der Waals surface area contributed by atoms with E-state index in [1.807, 2.05) is 12.1 Å². The molecule has 1 aliphatic heterocycles. The van der Waals surface area contributed by atoms with Crippen LogP contribution < -0.4 is 16.0 Å². The van der Waals surface area contributed by atoms with Crippen LogP contribution in [-0.4, -0.2) is 6.61 Å². The zero-order valence-electron chi connectivity index (χ0n) is 10.0. The van der Waals surface area contributed by atoms with Gasteiger partial charge in [-0.05, 0) is 29.5 Å². The van der Waals surface area contributed by atoms with Crippen molar-refractivity contribution in [2.45, 2.75) is 12.5 Å². The molecule has 0 amide bonds. The van der Waals surface area contributed by atoms with Gasteiger partial charge in [-0.25, -0.2) is 0 Å². The highest BCUT2D eigenvalue weighted by atomic mass is 32.1. The van der Waals surface area contributed by atoms with Crippen LogP contribution in [0, 0.1) is 5.92 Å². The summed E-state index contributed by atoms with van der Waals surface area (Å²) in [6, 6.07) is 12.6. The van der Waals surface area contributed by atoms with E-state index in [-0.39, 0.29) is 6.04 Å². The van der Waals surface area contributed by atoms with E-state index in [0.29, 0.717) is 12.5 Å². The van der Waals surface area contributed by atoms with Gasteiger partial charge < -0.3 is 4.74 Å². The van der Waals surface area contributed by atoms with E-state index < -0.39 is 0 Å². The van der Waals surface area contributed by atoms with Gasteiger partial charge in [0.25, 0.3) is 0 Å². The number of benzene rings is 1. The van der Waals surface area contributed by atoms with Crippen molar-refractivity contribution in [2.75, 3.05) is 6.61 Å². The second-order valence-electron chi connectivity index (χ2n) is 4.54. The monoisotopic (exact) mass is 260 g/mol. The van der Waals surface area contributed by atoms with Crippen molar-refractivity contribution in [3.63, 3.8) is 0 Å². The molecule has 1 aromatic carbocycles. The van der Waals surface area contributed by atoms with Gasteiger partial charge in [0.2, 0.25) is 0 Å². The van der Waals surface area contributed by atoms with Crippen LogP contribution in [0.25, 0.3) is 0 Å². The highest BCUT2D eigenvalue weighted by Crippen LogP contribution is 2.34. The van der Waals surface area contributed by atoms with Gasteiger partial charge in [0, 0.05) is 10.8 Å². The first kappa shape index (κ1) is 11.7. The molecule has 2 unspecified atom stereocenters. The predicted molar refractivity (Wildman–Crippen MR) is 73.5 cm³/mol. The van der Waals surface area contributed by atoms with E-state index in [1.165, 1.54) is 10.4 Å². The van der Waals surface area contributed by atoms with Gasteiger partial charge >= 0.3 is 0 Å². The van der Waals surface area contributed by atoms with Crippen molar-refractivity contribution in [1.29, 1.82) is 0 Å².